The summed E-state index contributed by atoms with van der Waals surface area (Å²) in [5, 5.41) is 3.31. The summed E-state index contributed by atoms with van der Waals surface area (Å²) in [7, 11) is 0. The van der Waals surface area contributed by atoms with Crippen molar-refractivity contribution in [2.75, 3.05) is 13.1 Å². The summed E-state index contributed by atoms with van der Waals surface area (Å²) in [5.74, 6) is -0.183. The first-order chi connectivity index (χ1) is 8.50. The van der Waals surface area contributed by atoms with Crippen LogP contribution >= 0.6 is 0 Å². The lowest BCUT2D eigenvalue weighted by atomic mass is 10.1. The molecule has 0 aliphatic carbocycles. The number of aromatic nitrogens is 1. The monoisotopic (exact) mass is 249 g/mol. The molecule has 1 aliphatic rings. The van der Waals surface area contributed by atoms with Crippen molar-refractivity contribution in [3.8, 4) is 0 Å². The predicted octanol–water partition coefficient (Wildman–Crippen LogP) is 0.506. The molecule has 2 heterocycles. The van der Waals surface area contributed by atoms with Crippen LogP contribution in [0.4, 0.5) is 0 Å². The third-order valence-corrected chi connectivity index (χ3v) is 3.58. The smallest absolute Gasteiger partial charge is 0.260 e. The van der Waals surface area contributed by atoms with E-state index < -0.39 is 0 Å². The van der Waals surface area contributed by atoms with Crippen LogP contribution in [0.1, 0.15) is 29.9 Å². The highest BCUT2D eigenvalue weighted by atomic mass is 16.2. The molecule has 1 aromatic rings. The molecule has 5 nitrogen and oxygen atoms in total. The maximum Gasteiger partial charge on any atom is 0.260 e. The number of hydrogen-bond acceptors (Lipinski definition) is 3. The molecule has 2 N–H and O–H groups in total. The van der Waals surface area contributed by atoms with Gasteiger partial charge in [0.2, 0.25) is 0 Å². The fourth-order valence-electron chi connectivity index (χ4n) is 2.24. The normalized spacial score (nSPS) is 24.1. The van der Waals surface area contributed by atoms with E-state index in [0.717, 1.165) is 12.2 Å². The summed E-state index contributed by atoms with van der Waals surface area (Å²) >= 11 is 0. The van der Waals surface area contributed by atoms with Crippen molar-refractivity contribution < 1.29 is 4.79 Å². The van der Waals surface area contributed by atoms with Crippen LogP contribution in [0, 0.1) is 6.92 Å². The Morgan fingerprint density at radius 3 is 2.78 bits per heavy atom. The Labute approximate surface area is 106 Å². The van der Waals surface area contributed by atoms with Gasteiger partial charge in [0.05, 0.1) is 0 Å². The molecule has 0 radical (unpaired) electrons. The van der Waals surface area contributed by atoms with E-state index in [4.69, 9.17) is 0 Å². The zero-order valence-electron chi connectivity index (χ0n) is 11.0. The summed E-state index contributed by atoms with van der Waals surface area (Å²) in [6.45, 7) is 7.24. The van der Waals surface area contributed by atoms with Gasteiger partial charge in [0, 0.05) is 30.9 Å². The molecule has 1 saturated heterocycles. The van der Waals surface area contributed by atoms with E-state index in [1.807, 2.05) is 13.8 Å². The minimum Gasteiger partial charge on any atom is -0.333 e. The van der Waals surface area contributed by atoms with Gasteiger partial charge in [-0.15, -0.1) is 0 Å². The highest BCUT2D eigenvalue weighted by Gasteiger charge is 2.29. The van der Waals surface area contributed by atoms with Crippen LogP contribution in [0.15, 0.2) is 16.9 Å². The minimum absolute atomic E-state index is 0.0898. The molecule has 0 saturated carbocycles. The fraction of sp³-hybridized carbons (Fsp3) is 0.538. The van der Waals surface area contributed by atoms with Crippen LogP contribution in [0.25, 0.3) is 0 Å². The topological polar surface area (TPSA) is 65.2 Å². The summed E-state index contributed by atoms with van der Waals surface area (Å²) in [6, 6.07) is 3.69. The van der Waals surface area contributed by atoms with Crippen molar-refractivity contribution in [2.45, 2.75) is 32.9 Å². The third-order valence-electron chi connectivity index (χ3n) is 3.58. The number of H-pyrrole nitrogens is 1. The molecule has 2 rings (SSSR count). The second-order valence-corrected chi connectivity index (χ2v) is 4.87. The molecule has 5 heteroatoms. The van der Waals surface area contributed by atoms with E-state index in [1.165, 1.54) is 0 Å². The molecular weight excluding hydrogens is 230 g/mol. The van der Waals surface area contributed by atoms with Gasteiger partial charge < -0.3 is 15.2 Å². The Hall–Kier alpha value is -1.62. The van der Waals surface area contributed by atoms with Crippen molar-refractivity contribution in [2.24, 2.45) is 0 Å². The highest BCUT2D eigenvalue weighted by Crippen LogP contribution is 2.12. The molecule has 0 bridgehead atoms. The lowest BCUT2D eigenvalue weighted by molar-refractivity contribution is 0.0601. The van der Waals surface area contributed by atoms with Gasteiger partial charge in [-0.2, -0.15) is 0 Å². The van der Waals surface area contributed by atoms with Crippen molar-refractivity contribution in [3.05, 3.63) is 33.7 Å². The number of aryl methyl sites for hydroxylation is 1. The lowest BCUT2D eigenvalue weighted by Crippen LogP contribution is -2.57. The summed E-state index contributed by atoms with van der Waals surface area (Å²) < 4.78 is 0. The number of nitrogens with one attached hydrogen (secondary N) is 2. The maximum atomic E-state index is 12.4. The largest absolute Gasteiger partial charge is 0.333 e. The van der Waals surface area contributed by atoms with Crippen LogP contribution in [0.5, 0.6) is 0 Å². The lowest BCUT2D eigenvalue weighted by Gasteiger charge is -2.38. The molecule has 2 unspecified atom stereocenters. The van der Waals surface area contributed by atoms with Crippen molar-refractivity contribution >= 4 is 5.91 Å². The second-order valence-electron chi connectivity index (χ2n) is 4.87. The van der Waals surface area contributed by atoms with Gasteiger partial charge in [-0.25, -0.2) is 0 Å². The first kappa shape index (κ1) is 12.8. The predicted molar refractivity (Wildman–Crippen MR) is 69.8 cm³/mol. The first-order valence-electron chi connectivity index (χ1n) is 6.25. The van der Waals surface area contributed by atoms with Crippen molar-refractivity contribution in [3.63, 3.8) is 0 Å². The number of aromatic amines is 1. The van der Waals surface area contributed by atoms with Crippen LogP contribution in [0.2, 0.25) is 0 Å². The number of hydrogen-bond donors (Lipinski definition) is 2. The van der Waals surface area contributed by atoms with Crippen LogP contribution in [-0.2, 0) is 0 Å². The molecule has 98 valence electrons. The minimum atomic E-state index is -0.307. The van der Waals surface area contributed by atoms with Gasteiger partial charge in [-0.1, -0.05) is 0 Å². The van der Waals surface area contributed by atoms with Gasteiger partial charge >= 0.3 is 0 Å². The molecule has 1 aromatic heterocycles. The molecule has 2 atom stereocenters. The Bertz CT molecular complexity index is 509. The van der Waals surface area contributed by atoms with Crippen LogP contribution < -0.4 is 10.9 Å². The standard InChI is InChI=1S/C13H19N3O2/c1-8-4-5-11(12(17)15-8)13(18)16-7-6-14-9(2)10(16)3/h4-5,9-10,14H,6-7H2,1-3H3,(H,15,17). The number of pyridine rings is 1. The molecular formula is C13H19N3O2. The molecule has 0 spiro atoms. The van der Waals surface area contributed by atoms with Crippen molar-refractivity contribution in [1.82, 2.24) is 15.2 Å². The van der Waals surface area contributed by atoms with E-state index in [0.29, 0.717) is 6.54 Å². The number of nitrogens with zero attached hydrogens (tertiary/aromatic N) is 1. The Kier molecular flexibility index (Phi) is 3.52. The fourth-order valence-corrected chi connectivity index (χ4v) is 2.24. The van der Waals surface area contributed by atoms with Crippen LogP contribution in [-0.4, -0.2) is 41.0 Å². The van der Waals surface area contributed by atoms with Gasteiger partial charge in [0.15, 0.2) is 0 Å². The molecule has 1 aliphatic heterocycles. The number of amides is 1. The third kappa shape index (κ3) is 2.31. The SMILES string of the molecule is Cc1ccc(C(=O)N2CCNC(C)C2C)c(=O)[nH]1. The van der Waals surface area contributed by atoms with E-state index in [2.05, 4.69) is 10.3 Å². The Morgan fingerprint density at radius 2 is 2.11 bits per heavy atom. The zero-order valence-corrected chi connectivity index (χ0v) is 11.0. The number of rotatable bonds is 1. The summed E-state index contributed by atoms with van der Waals surface area (Å²) in [6.07, 6.45) is 0. The van der Waals surface area contributed by atoms with E-state index >= 15 is 0 Å². The van der Waals surface area contributed by atoms with Gasteiger partial charge in [-0.3, -0.25) is 9.59 Å². The maximum absolute atomic E-state index is 12.4. The quantitative estimate of drug-likeness (QED) is 0.762. The van der Waals surface area contributed by atoms with E-state index in [-0.39, 0.29) is 29.1 Å². The zero-order chi connectivity index (χ0) is 13.3. The number of carbonyl (C=O) groups is 1. The summed E-state index contributed by atoms with van der Waals surface area (Å²) in [5.41, 5.74) is 0.679. The van der Waals surface area contributed by atoms with Gasteiger partial charge in [-0.05, 0) is 32.9 Å². The molecule has 18 heavy (non-hydrogen) atoms. The Morgan fingerprint density at radius 1 is 1.39 bits per heavy atom. The van der Waals surface area contributed by atoms with Crippen molar-refractivity contribution in [1.29, 1.82) is 0 Å². The van der Waals surface area contributed by atoms with Gasteiger partial charge in [0.25, 0.3) is 11.5 Å². The first-order valence-corrected chi connectivity index (χ1v) is 6.25. The average Bonchev–Trinajstić information content (AvgIpc) is 2.32. The van der Waals surface area contributed by atoms with Crippen LogP contribution in [0.3, 0.4) is 0 Å². The second kappa shape index (κ2) is 4.94. The number of piperazine rings is 1. The molecule has 0 aromatic carbocycles. The van der Waals surface area contributed by atoms with E-state index in [1.54, 1.807) is 24.0 Å². The van der Waals surface area contributed by atoms with E-state index in [9.17, 15) is 9.59 Å². The number of carbonyl (C=O) groups excluding carboxylic acids is 1. The van der Waals surface area contributed by atoms with Gasteiger partial charge in [0.1, 0.15) is 5.56 Å². The summed E-state index contributed by atoms with van der Waals surface area (Å²) in [4.78, 5) is 28.6. The Balaban J connectivity index is 2.28. The highest BCUT2D eigenvalue weighted by molar-refractivity contribution is 5.94. The average molecular weight is 249 g/mol. The molecule has 1 fully saturated rings. The molecule has 1 amide bonds.